The molecule has 0 fully saturated rings. The van der Waals surface area contributed by atoms with Gasteiger partial charge in [0.1, 0.15) is 0 Å². The molecule has 0 saturated heterocycles. The highest BCUT2D eigenvalue weighted by atomic mass is 16.2. The maximum absolute atomic E-state index is 11.7. The molecule has 0 spiro atoms. The third kappa shape index (κ3) is 4.82. The van der Waals surface area contributed by atoms with Crippen molar-refractivity contribution >= 4 is 11.8 Å². The van der Waals surface area contributed by atoms with Gasteiger partial charge in [-0.3, -0.25) is 9.59 Å². The van der Waals surface area contributed by atoms with E-state index in [0.29, 0.717) is 18.7 Å². The van der Waals surface area contributed by atoms with Crippen LogP contribution in [0.5, 0.6) is 0 Å². The summed E-state index contributed by atoms with van der Waals surface area (Å²) in [5, 5.41) is 5.40. The summed E-state index contributed by atoms with van der Waals surface area (Å²) in [7, 11) is 0. The standard InChI is InChI=1S/C14H18N2O2/c1-3-4-13(17)15-9-10-16-14(18)12-7-5-11(2)6-8-12/h3-8H,9-10H2,1-2H3,(H,15,17)(H,16,18). The molecule has 0 saturated carbocycles. The summed E-state index contributed by atoms with van der Waals surface area (Å²) in [4.78, 5) is 22.8. The summed E-state index contributed by atoms with van der Waals surface area (Å²) in [6.45, 7) is 4.58. The number of nitrogens with one attached hydrogen (secondary N) is 2. The van der Waals surface area contributed by atoms with E-state index in [1.807, 2.05) is 19.1 Å². The average molecular weight is 246 g/mol. The van der Waals surface area contributed by atoms with E-state index >= 15 is 0 Å². The summed E-state index contributed by atoms with van der Waals surface area (Å²) in [5.41, 5.74) is 1.74. The molecule has 1 aromatic rings. The second-order valence-corrected chi connectivity index (χ2v) is 3.91. The Balaban J connectivity index is 2.29. The molecule has 0 aliphatic heterocycles. The van der Waals surface area contributed by atoms with Crippen LogP contribution in [0.4, 0.5) is 0 Å². The molecule has 4 heteroatoms. The number of aryl methyl sites for hydroxylation is 1. The molecule has 0 aliphatic carbocycles. The Kier molecular flexibility index (Phi) is 5.64. The molecule has 2 amide bonds. The fourth-order valence-corrected chi connectivity index (χ4v) is 1.38. The fraction of sp³-hybridized carbons (Fsp3) is 0.286. The minimum atomic E-state index is -0.151. The Morgan fingerprint density at radius 3 is 2.33 bits per heavy atom. The molecule has 0 aromatic heterocycles. The smallest absolute Gasteiger partial charge is 0.251 e. The van der Waals surface area contributed by atoms with Gasteiger partial charge in [0.15, 0.2) is 0 Å². The van der Waals surface area contributed by atoms with E-state index in [1.165, 1.54) is 6.08 Å². The topological polar surface area (TPSA) is 58.2 Å². The van der Waals surface area contributed by atoms with E-state index in [1.54, 1.807) is 25.1 Å². The predicted molar refractivity (Wildman–Crippen MR) is 71.3 cm³/mol. The fourth-order valence-electron chi connectivity index (χ4n) is 1.38. The van der Waals surface area contributed by atoms with Crippen molar-refractivity contribution in [2.45, 2.75) is 13.8 Å². The lowest BCUT2D eigenvalue weighted by Gasteiger charge is -2.06. The second kappa shape index (κ2) is 7.27. The highest BCUT2D eigenvalue weighted by Gasteiger charge is 2.03. The van der Waals surface area contributed by atoms with Crippen LogP contribution in [0.25, 0.3) is 0 Å². The van der Waals surface area contributed by atoms with Crippen LogP contribution in [-0.2, 0) is 4.79 Å². The lowest BCUT2D eigenvalue weighted by atomic mass is 10.1. The molecule has 96 valence electrons. The van der Waals surface area contributed by atoms with Crippen molar-refractivity contribution in [2.75, 3.05) is 13.1 Å². The van der Waals surface area contributed by atoms with Crippen molar-refractivity contribution < 1.29 is 9.59 Å². The van der Waals surface area contributed by atoms with Crippen LogP contribution in [0.15, 0.2) is 36.4 Å². The normalized spacial score (nSPS) is 10.3. The van der Waals surface area contributed by atoms with E-state index in [0.717, 1.165) is 5.56 Å². The van der Waals surface area contributed by atoms with Crippen LogP contribution < -0.4 is 10.6 Å². The van der Waals surface area contributed by atoms with Crippen molar-refractivity contribution in [1.29, 1.82) is 0 Å². The van der Waals surface area contributed by atoms with Crippen molar-refractivity contribution in [1.82, 2.24) is 10.6 Å². The van der Waals surface area contributed by atoms with Crippen LogP contribution in [0.3, 0.4) is 0 Å². The van der Waals surface area contributed by atoms with E-state index < -0.39 is 0 Å². The monoisotopic (exact) mass is 246 g/mol. The Labute approximate surface area is 107 Å². The van der Waals surface area contributed by atoms with Crippen molar-refractivity contribution in [2.24, 2.45) is 0 Å². The third-order valence-electron chi connectivity index (χ3n) is 2.34. The number of benzene rings is 1. The molecular formula is C14H18N2O2. The molecule has 0 bridgehead atoms. The number of carbonyl (C=O) groups excluding carboxylic acids is 2. The van der Waals surface area contributed by atoms with Gasteiger partial charge >= 0.3 is 0 Å². The minimum absolute atomic E-state index is 0.129. The number of amides is 2. The lowest BCUT2D eigenvalue weighted by Crippen LogP contribution is -2.33. The molecule has 4 nitrogen and oxygen atoms in total. The second-order valence-electron chi connectivity index (χ2n) is 3.91. The first kappa shape index (κ1) is 14.0. The van der Waals surface area contributed by atoms with Gasteiger partial charge in [-0.25, -0.2) is 0 Å². The van der Waals surface area contributed by atoms with Crippen LogP contribution >= 0.6 is 0 Å². The largest absolute Gasteiger partial charge is 0.351 e. The van der Waals surface area contributed by atoms with Crippen LogP contribution in [0, 0.1) is 6.92 Å². The van der Waals surface area contributed by atoms with E-state index in [2.05, 4.69) is 10.6 Å². The number of hydrogen-bond acceptors (Lipinski definition) is 2. The first-order valence-corrected chi connectivity index (χ1v) is 5.89. The number of carbonyl (C=O) groups is 2. The number of allylic oxidation sites excluding steroid dienone is 1. The van der Waals surface area contributed by atoms with Gasteiger partial charge in [0.25, 0.3) is 5.91 Å². The van der Waals surface area contributed by atoms with E-state index in [9.17, 15) is 9.59 Å². The molecule has 0 unspecified atom stereocenters. The van der Waals surface area contributed by atoms with Crippen LogP contribution in [-0.4, -0.2) is 24.9 Å². The van der Waals surface area contributed by atoms with Gasteiger partial charge in [-0.05, 0) is 32.1 Å². The van der Waals surface area contributed by atoms with Gasteiger partial charge in [-0.1, -0.05) is 23.8 Å². The third-order valence-corrected chi connectivity index (χ3v) is 2.34. The number of hydrogen-bond donors (Lipinski definition) is 2. The molecular weight excluding hydrogens is 228 g/mol. The summed E-state index contributed by atoms with van der Waals surface area (Å²) in [6, 6.07) is 7.34. The molecule has 1 rings (SSSR count). The van der Waals surface area contributed by atoms with E-state index in [4.69, 9.17) is 0 Å². The molecule has 1 aromatic carbocycles. The Morgan fingerprint density at radius 2 is 1.72 bits per heavy atom. The first-order chi connectivity index (χ1) is 8.63. The molecule has 0 radical (unpaired) electrons. The Morgan fingerprint density at radius 1 is 1.11 bits per heavy atom. The summed E-state index contributed by atoms with van der Waals surface area (Å²) >= 11 is 0. The quantitative estimate of drug-likeness (QED) is 0.609. The van der Waals surface area contributed by atoms with Gasteiger partial charge in [0, 0.05) is 18.7 Å². The van der Waals surface area contributed by atoms with Crippen LogP contribution in [0.2, 0.25) is 0 Å². The minimum Gasteiger partial charge on any atom is -0.351 e. The maximum Gasteiger partial charge on any atom is 0.251 e. The van der Waals surface area contributed by atoms with E-state index in [-0.39, 0.29) is 11.8 Å². The van der Waals surface area contributed by atoms with Gasteiger partial charge in [0.05, 0.1) is 0 Å². The van der Waals surface area contributed by atoms with Crippen molar-refractivity contribution in [3.05, 3.63) is 47.5 Å². The van der Waals surface area contributed by atoms with Crippen LogP contribution in [0.1, 0.15) is 22.8 Å². The molecule has 18 heavy (non-hydrogen) atoms. The molecule has 0 atom stereocenters. The summed E-state index contributed by atoms with van der Waals surface area (Å²) in [5.74, 6) is -0.280. The molecule has 0 aliphatic rings. The predicted octanol–water partition coefficient (Wildman–Crippen LogP) is 1.42. The number of rotatable bonds is 5. The Bertz CT molecular complexity index is 436. The summed E-state index contributed by atoms with van der Waals surface area (Å²) < 4.78 is 0. The van der Waals surface area contributed by atoms with Crippen molar-refractivity contribution in [3.63, 3.8) is 0 Å². The zero-order valence-electron chi connectivity index (χ0n) is 10.7. The van der Waals surface area contributed by atoms with Gasteiger partial charge in [-0.15, -0.1) is 0 Å². The Hall–Kier alpha value is -2.10. The average Bonchev–Trinajstić information content (AvgIpc) is 2.35. The molecule has 0 heterocycles. The van der Waals surface area contributed by atoms with Gasteiger partial charge in [0.2, 0.25) is 5.91 Å². The first-order valence-electron chi connectivity index (χ1n) is 5.89. The van der Waals surface area contributed by atoms with Gasteiger partial charge in [-0.2, -0.15) is 0 Å². The summed E-state index contributed by atoms with van der Waals surface area (Å²) in [6.07, 6.45) is 3.11. The maximum atomic E-state index is 11.7. The molecule has 2 N–H and O–H groups in total. The van der Waals surface area contributed by atoms with Gasteiger partial charge < -0.3 is 10.6 Å². The zero-order valence-corrected chi connectivity index (χ0v) is 10.7. The highest BCUT2D eigenvalue weighted by Crippen LogP contribution is 2.02. The lowest BCUT2D eigenvalue weighted by molar-refractivity contribution is -0.116. The SMILES string of the molecule is CC=CC(=O)NCCNC(=O)c1ccc(C)cc1. The van der Waals surface area contributed by atoms with Crippen molar-refractivity contribution in [3.8, 4) is 0 Å². The zero-order chi connectivity index (χ0) is 13.4. The highest BCUT2D eigenvalue weighted by molar-refractivity contribution is 5.94.